The van der Waals surface area contributed by atoms with Crippen molar-refractivity contribution in [2.45, 2.75) is 11.8 Å². The number of H-pyrrole nitrogens is 1. The summed E-state index contributed by atoms with van der Waals surface area (Å²) in [6.07, 6.45) is 3.42. The normalized spacial score (nSPS) is 20.4. The van der Waals surface area contributed by atoms with Crippen molar-refractivity contribution in [3.8, 4) is 0 Å². The molecule has 24 heavy (non-hydrogen) atoms. The predicted octanol–water partition coefficient (Wildman–Crippen LogP) is 2.54. The lowest BCUT2D eigenvalue weighted by atomic mass is 10.2. The molecular weight excluding hydrogens is 371 g/mol. The van der Waals surface area contributed by atoms with E-state index in [0.29, 0.717) is 35.2 Å². The molecule has 2 aromatic rings. The van der Waals surface area contributed by atoms with Crippen LogP contribution in [-0.2, 0) is 15.8 Å². The zero-order chi connectivity index (χ0) is 17.3. The summed E-state index contributed by atoms with van der Waals surface area (Å²) in [5.74, 6) is 0.672. The number of aromatic amines is 1. The van der Waals surface area contributed by atoms with Gasteiger partial charge in [0.15, 0.2) is 0 Å². The molecule has 1 saturated heterocycles. The number of sulfonamides is 1. The lowest BCUT2D eigenvalue weighted by molar-refractivity contribution is 0.142. The molecule has 0 spiro atoms. The van der Waals surface area contributed by atoms with Crippen molar-refractivity contribution in [3.63, 3.8) is 0 Å². The van der Waals surface area contributed by atoms with E-state index in [-0.39, 0.29) is 11.8 Å². The summed E-state index contributed by atoms with van der Waals surface area (Å²) in [5, 5.41) is 0.770. The van der Waals surface area contributed by atoms with Gasteiger partial charge in [-0.2, -0.15) is 4.31 Å². The Hall–Kier alpha value is -1.12. The van der Waals surface area contributed by atoms with Crippen LogP contribution in [0.25, 0.3) is 0 Å². The summed E-state index contributed by atoms with van der Waals surface area (Å²) in [5.41, 5.74) is 0.623. The fourth-order valence-corrected chi connectivity index (χ4v) is 4.62. The molecule has 3 rings (SSSR count). The highest BCUT2D eigenvalue weighted by atomic mass is 35.5. The number of hydrogen-bond acceptors (Lipinski definition) is 4. The van der Waals surface area contributed by atoms with E-state index in [9.17, 15) is 8.42 Å². The lowest BCUT2D eigenvalue weighted by Gasteiger charge is -2.37. The molecule has 0 saturated carbocycles. The largest absolute Gasteiger partial charge is 0.347 e. The zero-order valence-electron chi connectivity index (χ0n) is 13.1. The van der Waals surface area contributed by atoms with Gasteiger partial charge in [-0.25, -0.2) is 13.4 Å². The van der Waals surface area contributed by atoms with Crippen LogP contribution in [0, 0.1) is 0 Å². The number of benzene rings is 1. The first-order valence-electron chi connectivity index (χ1n) is 7.48. The first-order valence-corrected chi connectivity index (χ1v) is 9.84. The van der Waals surface area contributed by atoms with Gasteiger partial charge in [-0.1, -0.05) is 29.3 Å². The Morgan fingerprint density at radius 2 is 2.08 bits per heavy atom. The van der Waals surface area contributed by atoms with Crippen molar-refractivity contribution in [3.05, 3.63) is 52.0 Å². The minimum atomic E-state index is -3.45. The highest BCUT2D eigenvalue weighted by Crippen LogP contribution is 2.27. The Bertz CT molecular complexity index is 811. The van der Waals surface area contributed by atoms with E-state index in [1.807, 2.05) is 7.05 Å². The monoisotopic (exact) mass is 388 g/mol. The van der Waals surface area contributed by atoms with Gasteiger partial charge in [0.25, 0.3) is 0 Å². The molecule has 0 unspecified atom stereocenters. The Morgan fingerprint density at radius 3 is 2.75 bits per heavy atom. The van der Waals surface area contributed by atoms with Gasteiger partial charge in [-0.15, -0.1) is 0 Å². The maximum Gasteiger partial charge on any atom is 0.218 e. The second-order valence-electron chi connectivity index (χ2n) is 5.83. The van der Waals surface area contributed by atoms with E-state index in [0.717, 1.165) is 5.82 Å². The summed E-state index contributed by atoms with van der Waals surface area (Å²) in [4.78, 5) is 9.43. The van der Waals surface area contributed by atoms with Crippen molar-refractivity contribution in [2.24, 2.45) is 0 Å². The number of aromatic nitrogens is 2. The first-order chi connectivity index (χ1) is 11.4. The van der Waals surface area contributed by atoms with E-state index in [4.69, 9.17) is 23.2 Å². The maximum absolute atomic E-state index is 12.8. The molecule has 1 N–H and O–H groups in total. The van der Waals surface area contributed by atoms with E-state index in [1.54, 1.807) is 30.6 Å². The highest BCUT2D eigenvalue weighted by Gasteiger charge is 2.33. The Labute approximate surface area is 151 Å². The number of rotatable bonds is 4. The van der Waals surface area contributed by atoms with Crippen molar-refractivity contribution in [2.75, 3.05) is 26.7 Å². The maximum atomic E-state index is 12.8. The van der Waals surface area contributed by atoms with Gasteiger partial charge >= 0.3 is 0 Å². The number of imidazole rings is 1. The number of nitrogens with zero attached hydrogens (tertiary/aromatic N) is 3. The second-order valence-corrected chi connectivity index (χ2v) is 8.62. The van der Waals surface area contributed by atoms with Crippen molar-refractivity contribution in [1.82, 2.24) is 19.2 Å². The first kappa shape index (κ1) is 17.7. The molecule has 0 amide bonds. The summed E-state index contributed by atoms with van der Waals surface area (Å²) in [6.45, 7) is 1.47. The third-order valence-corrected chi connectivity index (χ3v) is 6.73. The zero-order valence-corrected chi connectivity index (χ0v) is 15.4. The minimum absolute atomic E-state index is 0.0858. The van der Waals surface area contributed by atoms with Crippen LogP contribution < -0.4 is 0 Å². The third kappa shape index (κ3) is 3.75. The van der Waals surface area contributed by atoms with E-state index < -0.39 is 10.0 Å². The van der Waals surface area contributed by atoms with Crippen LogP contribution in [0.1, 0.15) is 17.4 Å². The minimum Gasteiger partial charge on any atom is -0.347 e. The molecule has 9 heteroatoms. The van der Waals surface area contributed by atoms with Crippen LogP contribution in [0.4, 0.5) is 0 Å². The van der Waals surface area contributed by atoms with Crippen molar-refractivity contribution >= 4 is 33.2 Å². The fraction of sp³-hybridized carbons (Fsp3) is 0.400. The van der Waals surface area contributed by atoms with Gasteiger partial charge in [0, 0.05) is 32.0 Å². The molecule has 0 aliphatic carbocycles. The number of likely N-dealkylation sites (N-methyl/N-ethyl adjacent to an activating group) is 1. The van der Waals surface area contributed by atoms with Crippen LogP contribution in [0.3, 0.4) is 0 Å². The van der Waals surface area contributed by atoms with Crippen molar-refractivity contribution in [1.29, 1.82) is 0 Å². The Morgan fingerprint density at radius 1 is 1.29 bits per heavy atom. The second kappa shape index (κ2) is 7.01. The van der Waals surface area contributed by atoms with E-state index in [2.05, 4.69) is 14.9 Å². The van der Waals surface area contributed by atoms with Gasteiger partial charge in [-0.3, -0.25) is 4.90 Å². The van der Waals surface area contributed by atoms with Gasteiger partial charge in [0.1, 0.15) is 5.82 Å². The van der Waals surface area contributed by atoms with Crippen LogP contribution in [-0.4, -0.2) is 54.3 Å². The quantitative estimate of drug-likeness (QED) is 0.873. The molecule has 1 aliphatic heterocycles. The molecule has 2 heterocycles. The van der Waals surface area contributed by atoms with Gasteiger partial charge < -0.3 is 4.98 Å². The number of nitrogens with one attached hydrogen (secondary N) is 1. The molecule has 1 aromatic heterocycles. The van der Waals surface area contributed by atoms with Gasteiger partial charge in [-0.05, 0) is 24.7 Å². The number of piperazine rings is 1. The molecule has 1 fully saturated rings. The molecule has 130 valence electrons. The summed E-state index contributed by atoms with van der Waals surface area (Å²) < 4.78 is 27.1. The van der Waals surface area contributed by atoms with Gasteiger partial charge in [0.2, 0.25) is 10.0 Å². The van der Waals surface area contributed by atoms with Crippen LogP contribution in [0.5, 0.6) is 0 Å². The molecular formula is C15H18Cl2N4O2S. The van der Waals surface area contributed by atoms with Crippen LogP contribution in [0.2, 0.25) is 10.0 Å². The summed E-state index contributed by atoms with van der Waals surface area (Å²) >= 11 is 11.9. The number of hydrogen-bond donors (Lipinski definition) is 1. The molecule has 6 nitrogen and oxygen atoms in total. The van der Waals surface area contributed by atoms with E-state index in [1.165, 1.54) is 4.31 Å². The standard InChI is InChI=1S/C15H18Cl2N4O2S/c1-20-6-7-21(9-14(20)15-18-4-5-19-15)24(22,23)10-11-2-3-12(16)13(17)8-11/h2-5,8,14H,6-7,9-10H2,1H3,(H,18,19)/t14-/m0/s1. The average Bonchev–Trinajstić information content (AvgIpc) is 3.05. The Kier molecular flexibility index (Phi) is 5.17. The Balaban J connectivity index is 1.77. The molecule has 1 atom stereocenters. The average molecular weight is 389 g/mol. The SMILES string of the molecule is CN1CCN(S(=O)(=O)Cc2ccc(Cl)c(Cl)c2)C[C@H]1c1ncc[nH]1. The highest BCUT2D eigenvalue weighted by molar-refractivity contribution is 7.88. The summed E-state index contributed by atoms with van der Waals surface area (Å²) in [6, 6.07) is 4.81. The molecule has 0 bridgehead atoms. The molecule has 1 aromatic carbocycles. The van der Waals surface area contributed by atoms with Gasteiger partial charge in [0.05, 0.1) is 21.8 Å². The lowest BCUT2D eigenvalue weighted by Crippen LogP contribution is -2.49. The van der Waals surface area contributed by atoms with Crippen LogP contribution >= 0.6 is 23.2 Å². The van der Waals surface area contributed by atoms with Crippen molar-refractivity contribution < 1.29 is 8.42 Å². The molecule has 0 radical (unpaired) electrons. The topological polar surface area (TPSA) is 69.3 Å². The number of halogens is 2. The third-order valence-electron chi connectivity index (χ3n) is 4.17. The predicted molar refractivity (Wildman–Crippen MR) is 94.6 cm³/mol. The fourth-order valence-electron chi connectivity index (χ4n) is 2.79. The smallest absolute Gasteiger partial charge is 0.218 e. The van der Waals surface area contributed by atoms with E-state index >= 15 is 0 Å². The van der Waals surface area contributed by atoms with Crippen LogP contribution in [0.15, 0.2) is 30.6 Å². The molecule has 1 aliphatic rings. The summed E-state index contributed by atoms with van der Waals surface area (Å²) in [7, 11) is -1.48.